The third kappa shape index (κ3) is 10.3. The van der Waals surface area contributed by atoms with Gasteiger partial charge in [-0.05, 0) is 44.5 Å². The van der Waals surface area contributed by atoms with E-state index in [1.807, 2.05) is 37.3 Å². The number of aliphatic hydroxyl groups is 1. The van der Waals surface area contributed by atoms with Crippen LogP contribution in [0, 0.1) is 17.3 Å². The predicted molar refractivity (Wildman–Crippen MR) is 152 cm³/mol. The highest BCUT2D eigenvalue weighted by Crippen LogP contribution is 2.40. The first kappa shape index (κ1) is 33.5. The summed E-state index contributed by atoms with van der Waals surface area (Å²) in [5.74, 6) is -1.23. The molecule has 1 aromatic rings. The monoisotopic (exact) mass is 536 g/mol. The number of hydrogen-bond donors (Lipinski definition) is 1. The molecular formula is C30H52O6Si. The average molecular weight is 537 g/mol. The Morgan fingerprint density at radius 2 is 1.49 bits per heavy atom. The van der Waals surface area contributed by atoms with E-state index in [-0.39, 0.29) is 23.2 Å². The number of ether oxygens (including phenoxy) is 2. The van der Waals surface area contributed by atoms with Crippen LogP contribution in [0.25, 0.3) is 0 Å². The zero-order valence-corrected chi connectivity index (χ0v) is 26.3. The molecule has 1 N–H and O–H groups in total. The van der Waals surface area contributed by atoms with Crippen LogP contribution in [0.1, 0.15) is 81.2 Å². The fourth-order valence-electron chi connectivity index (χ4n) is 3.96. The molecule has 0 aliphatic carbocycles. The average Bonchev–Trinajstić information content (AvgIpc) is 2.74. The van der Waals surface area contributed by atoms with Crippen LogP contribution in [0.15, 0.2) is 30.3 Å². The number of ketones is 1. The standard InChI is InChI=1S/C30H52O6Si/c1-21(19-34-20-23-16-14-13-15-17-23)26(36-37(11,12)29(6,7)8)22(2)27(33)30(9,10)24(31)18-25(32)35-28(3,4)5/h13-17,21-22,24,26,31H,18-20H2,1-12H3/t21-,22+,24?,26-/m0/s1. The summed E-state index contributed by atoms with van der Waals surface area (Å²) in [6.07, 6.45) is -1.81. The Balaban J connectivity index is 3.09. The Bertz CT molecular complexity index is 866. The minimum absolute atomic E-state index is 0.0373. The van der Waals surface area contributed by atoms with Crippen molar-refractivity contribution in [3.63, 3.8) is 0 Å². The number of carbonyl (C=O) groups is 2. The van der Waals surface area contributed by atoms with Crippen LogP contribution in [0.2, 0.25) is 18.1 Å². The molecule has 7 heteroatoms. The zero-order chi connectivity index (χ0) is 28.8. The minimum Gasteiger partial charge on any atom is -0.460 e. The van der Waals surface area contributed by atoms with Crippen LogP contribution in [-0.2, 0) is 30.1 Å². The molecule has 0 aromatic heterocycles. The van der Waals surface area contributed by atoms with E-state index < -0.39 is 43.4 Å². The van der Waals surface area contributed by atoms with Crippen LogP contribution in [0.5, 0.6) is 0 Å². The molecule has 212 valence electrons. The largest absolute Gasteiger partial charge is 0.460 e. The van der Waals surface area contributed by atoms with Crippen molar-refractivity contribution in [2.45, 2.75) is 118 Å². The van der Waals surface area contributed by atoms with E-state index in [0.717, 1.165) is 5.56 Å². The second-order valence-corrected chi connectivity index (χ2v) is 18.3. The topological polar surface area (TPSA) is 82.1 Å². The summed E-state index contributed by atoms with van der Waals surface area (Å²) in [6, 6.07) is 9.99. The van der Waals surface area contributed by atoms with E-state index >= 15 is 0 Å². The van der Waals surface area contributed by atoms with Crippen LogP contribution < -0.4 is 0 Å². The maximum atomic E-state index is 13.8. The van der Waals surface area contributed by atoms with E-state index in [1.54, 1.807) is 34.6 Å². The van der Waals surface area contributed by atoms with Gasteiger partial charge in [0.1, 0.15) is 11.4 Å². The maximum Gasteiger partial charge on any atom is 0.308 e. The second-order valence-electron chi connectivity index (χ2n) is 13.5. The second kappa shape index (κ2) is 13.0. The molecule has 1 unspecified atom stereocenters. The number of esters is 1. The molecule has 0 fully saturated rings. The fourth-order valence-corrected chi connectivity index (χ4v) is 5.43. The Morgan fingerprint density at radius 3 is 1.97 bits per heavy atom. The summed E-state index contributed by atoms with van der Waals surface area (Å²) in [5, 5.41) is 10.9. The van der Waals surface area contributed by atoms with Crippen molar-refractivity contribution in [1.82, 2.24) is 0 Å². The van der Waals surface area contributed by atoms with E-state index in [2.05, 4.69) is 40.8 Å². The highest BCUT2D eigenvalue weighted by atomic mass is 28.4. The van der Waals surface area contributed by atoms with Crippen molar-refractivity contribution >= 4 is 20.1 Å². The van der Waals surface area contributed by atoms with Crippen molar-refractivity contribution in [2.75, 3.05) is 6.61 Å². The van der Waals surface area contributed by atoms with Crippen molar-refractivity contribution in [3.05, 3.63) is 35.9 Å². The molecule has 4 atom stereocenters. The summed E-state index contributed by atoms with van der Waals surface area (Å²) in [5.41, 5.74) is -0.724. The molecule has 0 aliphatic rings. The lowest BCUT2D eigenvalue weighted by Crippen LogP contribution is -2.52. The van der Waals surface area contributed by atoms with Gasteiger partial charge in [0.2, 0.25) is 0 Å². The predicted octanol–water partition coefficient (Wildman–Crippen LogP) is 6.55. The number of carbonyl (C=O) groups excluding carboxylic acids is 2. The summed E-state index contributed by atoms with van der Waals surface area (Å²) < 4.78 is 18.2. The summed E-state index contributed by atoms with van der Waals surface area (Å²) in [4.78, 5) is 26.2. The molecule has 0 amide bonds. The van der Waals surface area contributed by atoms with Crippen molar-refractivity contribution in [3.8, 4) is 0 Å². The van der Waals surface area contributed by atoms with Gasteiger partial charge in [-0.3, -0.25) is 9.59 Å². The summed E-state index contributed by atoms with van der Waals surface area (Å²) in [6.45, 7) is 24.4. The molecule has 37 heavy (non-hydrogen) atoms. The first-order valence-corrected chi connectivity index (χ1v) is 16.3. The molecule has 6 nitrogen and oxygen atoms in total. The molecule has 0 radical (unpaired) electrons. The molecule has 0 saturated carbocycles. The van der Waals surface area contributed by atoms with Crippen LogP contribution in [0.4, 0.5) is 0 Å². The van der Waals surface area contributed by atoms with Crippen molar-refractivity contribution in [1.29, 1.82) is 0 Å². The Labute approximate surface area is 226 Å². The van der Waals surface area contributed by atoms with Gasteiger partial charge in [-0.15, -0.1) is 0 Å². The van der Waals surface area contributed by atoms with Crippen LogP contribution >= 0.6 is 0 Å². The molecular weight excluding hydrogens is 484 g/mol. The van der Waals surface area contributed by atoms with Gasteiger partial charge in [0, 0.05) is 11.8 Å². The number of rotatable bonds is 13. The highest BCUT2D eigenvalue weighted by Gasteiger charge is 2.46. The number of Topliss-reactive ketones (excluding diaryl/α,β-unsaturated/α-hetero) is 1. The third-order valence-corrected chi connectivity index (χ3v) is 11.9. The zero-order valence-electron chi connectivity index (χ0n) is 25.3. The lowest BCUT2D eigenvalue weighted by molar-refractivity contribution is -0.160. The fraction of sp³-hybridized carbons (Fsp3) is 0.733. The van der Waals surface area contributed by atoms with Crippen LogP contribution in [-0.4, -0.2) is 49.6 Å². The van der Waals surface area contributed by atoms with Gasteiger partial charge in [-0.1, -0.05) is 78.8 Å². The molecule has 0 saturated heterocycles. The van der Waals surface area contributed by atoms with E-state index in [9.17, 15) is 14.7 Å². The maximum absolute atomic E-state index is 13.8. The smallest absolute Gasteiger partial charge is 0.308 e. The molecule has 0 aliphatic heterocycles. The van der Waals surface area contributed by atoms with Crippen molar-refractivity contribution < 1.29 is 28.6 Å². The SMILES string of the molecule is C[C@@H](COCc1ccccc1)[C@H](O[Si](C)(C)C(C)(C)C)[C@@H](C)C(=O)C(C)(C)C(O)CC(=O)OC(C)(C)C. The Kier molecular flexibility index (Phi) is 11.8. The van der Waals surface area contributed by atoms with Gasteiger partial charge < -0.3 is 19.0 Å². The Hall–Kier alpha value is -1.54. The molecule has 1 rings (SSSR count). The van der Waals surface area contributed by atoms with E-state index in [4.69, 9.17) is 13.9 Å². The first-order valence-electron chi connectivity index (χ1n) is 13.4. The highest BCUT2D eigenvalue weighted by molar-refractivity contribution is 6.74. The number of benzene rings is 1. The third-order valence-electron chi connectivity index (χ3n) is 7.44. The van der Waals surface area contributed by atoms with Crippen LogP contribution in [0.3, 0.4) is 0 Å². The molecule has 0 spiro atoms. The van der Waals surface area contributed by atoms with Gasteiger partial charge in [-0.25, -0.2) is 0 Å². The summed E-state index contributed by atoms with van der Waals surface area (Å²) in [7, 11) is -2.23. The number of hydrogen-bond acceptors (Lipinski definition) is 6. The minimum atomic E-state index is -2.23. The summed E-state index contributed by atoms with van der Waals surface area (Å²) >= 11 is 0. The number of aliphatic hydroxyl groups excluding tert-OH is 1. The van der Waals surface area contributed by atoms with E-state index in [1.165, 1.54) is 0 Å². The molecule has 1 aromatic carbocycles. The Morgan fingerprint density at radius 1 is 0.946 bits per heavy atom. The van der Waals surface area contributed by atoms with E-state index in [0.29, 0.717) is 13.2 Å². The normalized spacial score (nSPS) is 16.6. The first-order chi connectivity index (χ1) is 16.7. The van der Waals surface area contributed by atoms with Gasteiger partial charge in [0.15, 0.2) is 8.32 Å². The molecule has 0 heterocycles. The quantitative estimate of drug-likeness (QED) is 0.227. The lowest BCUT2D eigenvalue weighted by Gasteiger charge is -2.44. The van der Waals surface area contributed by atoms with Gasteiger partial charge in [-0.2, -0.15) is 0 Å². The van der Waals surface area contributed by atoms with Gasteiger partial charge in [0.05, 0.1) is 37.3 Å². The molecule has 0 bridgehead atoms. The van der Waals surface area contributed by atoms with Gasteiger partial charge >= 0.3 is 5.97 Å². The van der Waals surface area contributed by atoms with Gasteiger partial charge in [0.25, 0.3) is 0 Å². The van der Waals surface area contributed by atoms with Crippen molar-refractivity contribution in [2.24, 2.45) is 17.3 Å². The lowest BCUT2D eigenvalue weighted by atomic mass is 9.73.